The quantitative estimate of drug-likeness (QED) is 0.620. The van der Waals surface area contributed by atoms with Crippen LogP contribution in [0.3, 0.4) is 0 Å². The summed E-state index contributed by atoms with van der Waals surface area (Å²) in [5.74, 6) is 0.764. The van der Waals surface area contributed by atoms with Crippen molar-refractivity contribution in [1.82, 2.24) is 14.9 Å². The number of rotatable bonds is 6. The number of benzene rings is 2. The predicted octanol–water partition coefficient (Wildman–Crippen LogP) is 2.37. The van der Waals surface area contributed by atoms with Gasteiger partial charge in [-0.05, 0) is 49.0 Å². The number of amides is 1. The third-order valence-corrected chi connectivity index (χ3v) is 5.55. The molecule has 0 saturated carbocycles. The van der Waals surface area contributed by atoms with Crippen molar-refractivity contribution in [2.24, 2.45) is 0 Å². The number of nitrogens with one attached hydrogen (secondary N) is 2. The first kappa shape index (κ1) is 21.6. The number of hydrogen-bond donors (Lipinski definition) is 2. The Labute approximate surface area is 186 Å². The van der Waals surface area contributed by atoms with Crippen molar-refractivity contribution in [2.45, 2.75) is 6.42 Å². The van der Waals surface area contributed by atoms with Gasteiger partial charge in [0.2, 0.25) is 0 Å². The molecule has 8 nitrogen and oxygen atoms in total. The summed E-state index contributed by atoms with van der Waals surface area (Å²) in [5.41, 5.74) is 2.46. The minimum absolute atomic E-state index is 0.0837. The van der Waals surface area contributed by atoms with Gasteiger partial charge in [0.25, 0.3) is 11.5 Å². The third-order valence-electron chi connectivity index (χ3n) is 5.55. The summed E-state index contributed by atoms with van der Waals surface area (Å²) in [6, 6.07) is 16.4. The van der Waals surface area contributed by atoms with Crippen molar-refractivity contribution < 1.29 is 9.53 Å². The van der Waals surface area contributed by atoms with E-state index in [0.717, 1.165) is 43.2 Å². The molecule has 3 aromatic rings. The Morgan fingerprint density at radius 2 is 1.75 bits per heavy atom. The molecule has 1 saturated heterocycles. The molecule has 2 aromatic carbocycles. The van der Waals surface area contributed by atoms with Crippen LogP contribution in [0.4, 0.5) is 11.4 Å². The summed E-state index contributed by atoms with van der Waals surface area (Å²) in [4.78, 5) is 36.5. The summed E-state index contributed by atoms with van der Waals surface area (Å²) >= 11 is 0. The number of anilines is 2. The van der Waals surface area contributed by atoms with Crippen LogP contribution in [-0.4, -0.2) is 61.1 Å². The molecule has 0 bridgehead atoms. The van der Waals surface area contributed by atoms with Gasteiger partial charge in [0.15, 0.2) is 0 Å². The van der Waals surface area contributed by atoms with Crippen molar-refractivity contribution in [3.05, 3.63) is 82.0 Å². The Hall–Kier alpha value is -3.65. The third kappa shape index (κ3) is 5.33. The molecule has 1 amide bonds. The molecule has 1 fully saturated rings. The molecule has 0 spiro atoms. The normalized spacial score (nSPS) is 14.2. The molecular formula is C24H27N5O3. The molecule has 2 heterocycles. The van der Waals surface area contributed by atoms with Crippen LogP contribution in [0.25, 0.3) is 0 Å². The van der Waals surface area contributed by atoms with Crippen LogP contribution in [0.5, 0.6) is 5.75 Å². The highest BCUT2D eigenvalue weighted by molar-refractivity contribution is 6.02. The van der Waals surface area contributed by atoms with Gasteiger partial charge in [0.05, 0.1) is 7.11 Å². The lowest BCUT2D eigenvalue weighted by Crippen LogP contribution is -2.44. The maximum absolute atomic E-state index is 12.7. The molecule has 1 aromatic heterocycles. The lowest BCUT2D eigenvalue weighted by Gasteiger charge is -2.34. The second-order valence-electron chi connectivity index (χ2n) is 7.89. The molecule has 0 radical (unpaired) electrons. The van der Waals surface area contributed by atoms with Gasteiger partial charge in [-0.25, -0.2) is 4.98 Å². The monoisotopic (exact) mass is 433 g/mol. The van der Waals surface area contributed by atoms with Gasteiger partial charge in [-0.15, -0.1) is 0 Å². The molecule has 0 unspecified atom stereocenters. The number of H-pyrrole nitrogens is 1. The Morgan fingerprint density at radius 3 is 2.41 bits per heavy atom. The average molecular weight is 434 g/mol. The van der Waals surface area contributed by atoms with E-state index in [0.29, 0.717) is 17.9 Å². The number of ether oxygens (including phenoxy) is 1. The number of carbonyl (C=O) groups is 1. The smallest absolute Gasteiger partial charge is 0.274 e. The molecule has 1 aliphatic heterocycles. The number of aromatic nitrogens is 2. The molecule has 0 atom stereocenters. The van der Waals surface area contributed by atoms with Crippen LogP contribution >= 0.6 is 0 Å². The summed E-state index contributed by atoms with van der Waals surface area (Å²) in [6.45, 7) is 4.03. The van der Waals surface area contributed by atoms with Crippen LogP contribution in [-0.2, 0) is 6.42 Å². The first-order chi connectivity index (χ1) is 15.5. The standard InChI is InChI=1S/C24H27N5O3/c1-28-11-13-29(14-12-28)19-7-5-18(6-8-19)25-24(31)21-16-23(30)27-22(26-21)15-17-3-9-20(32-2)10-4-17/h3-10,16H,11-15H2,1-2H3,(H,25,31)(H,26,27,30). The number of piperazine rings is 1. The van der Waals surface area contributed by atoms with E-state index in [9.17, 15) is 9.59 Å². The highest BCUT2D eigenvalue weighted by Gasteiger charge is 2.15. The van der Waals surface area contributed by atoms with Crippen LogP contribution in [0.1, 0.15) is 21.9 Å². The van der Waals surface area contributed by atoms with Gasteiger partial charge in [0, 0.05) is 50.0 Å². The van der Waals surface area contributed by atoms with Crippen LogP contribution in [0.15, 0.2) is 59.4 Å². The second kappa shape index (κ2) is 9.65. The number of likely N-dealkylation sites (N-methyl/N-ethyl adjacent to an activating group) is 1. The maximum atomic E-state index is 12.7. The Kier molecular flexibility index (Phi) is 6.51. The average Bonchev–Trinajstić information content (AvgIpc) is 2.80. The fourth-order valence-corrected chi connectivity index (χ4v) is 3.66. The summed E-state index contributed by atoms with van der Waals surface area (Å²) in [6.07, 6.45) is 0.403. The van der Waals surface area contributed by atoms with Crippen molar-refractivity contribution in [1.29, 1.82) is 0 Å². The minimum Gasteiger partial charge on any atom is -0.497 e. The number of aromatic amines is 1. The number of nitrogens with zero attached hydrogens (tertiary/aromatic N) is 3. The fraction of sp³-hybridized carbons (Fsp3) is 0.292. The van der Waals surface area contributed by atoms with E-state index >= 15 is 0 Å². The van der Waals surface area contributed by atoms with E-state index in [1.54, 1.807) is 7.11 Å². The van der Waals surface area contributed by atoms with Gasteiger partial charge in [0.1, 0.15) is 17.3 Å². The van der Waals surface area contributed by atoms with Crippen LogP contribution in [0, 0.1) is 0 Å². The van der Waals surface area contributed by atoms with Crippen LogP contribution in [0.2, 0.25) is 0 Å². The predicted molar refractivity (Wildman–Crippen MR) is 125 cm³/mol. The van der Waals surface area contributed by atoms with E-state index in [2.05, 4.69) is 32.1 Å². The van der Waals surface area contributed by atoms with E-state index < -0.39 is 5.91 Å². The molecule has 1 aliphatic rings. The van der Waals surface area contributed by atoms with Crippen molar-refractivity contribution in [3.63, 3.8) is 0 Å². The maximum Gasteiger partial charge on any atom is 0.274 e. The lowest BCUT2D eigenvalue weighted by atomic mass is 10.1. The highest BCUT2D eigenvalue weighted by atomic mass is 16.5. The van der Waals surface area contributed by atoms with Crippen molar-refractivity contribution in [3.8, 4) is 5.75 Å². The SMILES string of the molecule is COc1ccc(Cc2nc(C(=O)Nc3ccc(N4CCN(C)CC4)cc3)cc(=O)[nH]2)cc1. The molecular weight excluding hydrogens is 406 g/mol. The van der Waals surface area contributed by atoms with Crippen molar-refractivity contribution >= 4 is 17.3 Å². The Bertz CT molecular complexity index is 1120. The van der Waals surface area contributed by atoms with E-state index in [1.807, 2.05) is 48.5 Å². The number of hydrogen-bond acceptors (Lipinski definition) is 6. The van der Waals surface area contributed by atoms with Gasteiger partial charge >= 0.3 is 0 Å². The zero-order valence-electron chi connectivity index (χ0n) is 18.3. The summed E-state index contributed by atoms with van der Waals surface area (Å²) in [5, 5.41) is 2.83. The zero-order chi connectivity index (χ0) is 22.5. The molecule has 166 valence electrons. The second-order valence-corrected chi connectivity index (χ2v) is 7.89. The first-order valence-corrected chi connectivity index (χ1v) is 10.6. The molecule has 4 rings (SSSR count). The summed E-state index contributed by atoms with van der Waals surface area (Å²) in [7, 11) is 3.73. The Morgan fingerprint density at radius 1 is 1.06 bits per heavy atom. The zero-order valence-corrected chi connectivity index (χ0v) is 18.3. The largest absolute Gasteiger partial charge is 0.497 e. The van der Waals surface area contributed by atoms with Crippen molar-refractivity contribution in [2.75, 3.05) is 50.6 Å². The molecule has 32 heavy (non-hydrogen) atoms. The molecule has 2 N–H and O–H groups in total. The fourth-order valence-electron chi connectivity index (χ4n) is 3.66. The summed E-state index contributed by atoms with van der Waals surface area (Å²) < 4.78 is 5.16. The van der Waals surface area contributed by atoms with E-state index in [4.69, 9.17) is 4.74 Å². The minimum atomic E-state index is -0.417. The number of methoxy groups -OCH3 is 1. The van der Waals surface area contributed by atoms with Gasteiger partial charge in [-0.2, -0.15) is 0 Å². The topological polar surface area (TPSA) is 90.6 Å². The lowest BCUT2D eigenvalue weighted by molar-refractivity contribution is 0.102. The van der Waals surface area contributed by atoms with Gasteiger partial charge < -0.3 is 24.8 Å². The highest BCUT2D eigenvalue weighted by Crippen LogP contribution is 2.20. The van der Waals surface area contributed by atoms with E-state index in [1.165, 1.54) is 6.07 Å². The van der Waals surface area contributed by atoms with E-state index in [-0.39, 0.29) is 11.3 Å². The number of carbonyl (C=O) groups excluding carboxylic acids is 1. The van der Waals surface area contributed by atoms with Gasteiger partial charge in [-0.1, -0.05) is 12.1 Å². The van der Waals surface area contributed by atoms with Gasteiger partial charge in [-0.3, -0.25) is 9.59 Å². The van der Waals surface area contributed by atoms with Crippen LogP contribution < -0.4 is 20.5 Å². The Balaban J connectivity index is 1.43. The molecule has 8 heteroatoms. The molecule has 0 aliphatic carbocycles. The first-order valence-electron chi connectivity index (χ1n) is 10.6.